The molecule has 5 rings (SSSR count). The Labute approximate surface area is 174 Å². The highest BCUT2D eigenvalue weighted by molar-refractivity contribution is 7.95. The Morgan fingerprint density at radius 3 is 2.70 bits per heavy atom. The van der Waals surface area contributed by atoms with E-state index in [1.54, 1.807) is 24.5 Å². The average molecular weight is 417 g/mol. The number of benzene rings is 2. The third kappa shape index (κ3) is 3.21. The molecule has 0 bridgehead atoms. The third-order valence-corrected chi connectivity index (χ3v) is 6.18. The molecular formula is C22H19N5O2S. The van der Waals surface area contributed by atoms with Crippen LogP contribution < -0.4 is 9.62 Å². The van der Waals surface area contributed by atoms with E-state index in [1.807, 2.05) is 24.5 Å². The molecule has 0 unspecified atom stereocenters. The summed E-state index contributed by atoms with van der Waals surface area (Å²) >= 11 is 0. The fraction of sp³-hybridized carbons (Fsp3) is 0.0909. The van der Waals surface area contributed by atoms with Crippen LogP contribution in [0.25, 0.3) is 16.6 Å². The van der Waals surface area contributed by atoms with Crippen LogP contribution in [-0.4, -0.2) is 29.5 Å². The molecule has 0 amide bonds. The predicted molar refractivity (Wildman–Crippen MR) is 119 cm³/mol. The van der Waals surface area contributed by atoms with E-state index in [9.17, 15) is 8.42 Å². The van der Waals surface area contributed by atoms with E-state index in [0.29, 0.717) is 5.69 Å². The molecule has 1 aliphatic rings. The smallest absolute Gasteiger partial charge is 0.254 e. The molecule has 2 aromatic heterocycles. The van der Waals surface area contributed by atoms with Crippen molar-refractivity contribution >= 4 is 38.1 Å². The molecule has 150 valence electrons. The van der Waals surface area contributed by atoms with Crippen LogP contribution >= 0.6 is 0 Å². The van der Waals surface area contributed by atoms with Crippen LogP contribution in [0.3, 0.4) is 0 Å². The van der Waals surface area contributed by atoms with Gasteiger partial charge in [0.25, 0.3) is 10.0 Å². The van der Waals surface area contributed by atoms with Crippen LogP contribution in [0.2, 0.25) is 0 Å². The van der Waals surface area contributed by atoms with Crippen molar-refractivity contribution in [2.45, 2.75) is 6.42 Å². The maximum Gasteiger partial charge on any atom is 0.254 e. The van der Waals surface area contributed by atoms with E-state index in [1.165, 1.54) is 5.56 Å². The Balaban J connectivity index is 1.61. The van der Waals surface area contributed by atoms with Gasteiger partial charge in [0.15, 0.2) is 0 Å². The molecule has 2 aromatic carbocycles. The second kappa shape index (κ2) is 7.00. The van der Waals surface area contributed by atoms with Crippen molar-refractivity contribution in [3.8, 4) is 5.69 Å². The number of nitrogens with zero attached hydrogens (tertiary/aromatic N) is 4. The lowest BCUT2D eigenvalue weighted by atomic mass is 10.1. The lowest BCUT2D eigenvalue weighted by molar-refractivity contribution is 0.609. The number of sulfonamides is 1. The molecule has 0 saturated heterocycles. The number of fused-ring (bicyclic) bond motifs is 2. The Morgan fingerprint density at radius 1 is 1.07 bits per heavy atom. The monoisotopic (exact) mass is 417 g/mol. The highest BCUT2D eigenvalue weighted by Crippen LogP contribution is 2.38. The lowest BCUT2D eigenvalue weighted by Gasteiger charge is -2.21. The summed E-state index contributed by atoms with van der Waals surface area (Å²) < 4.78 is 28.3. The fourth-order valence-electron chi connectivity index (χ4n) is 3.78. The second-order valence-electron chi connectivity index (χ2n) is 7.05. The zero-order chi connectivity index (χ0) is 20.7. The van der Waals surface area contributed by atoms with Gasteiger partial charge in [0.1, 0.15) is 12.1 Å². The van der Waals surface area contributed by atoms with Gasteiger partial charge in [0.05, 0.1) is 5.52 Å². The maximum absolute atomic E-state index is 11.9. The van der Waals surface area contributed by atoms with Gasteiger partial charge in [-0.1, -0.05) is 12.6 Å². The normalized spacial score (nSPS) is 13.4. The molecule has 0 saturated carbocycles. The Hall–Kier alpha value is -3.65. The molecule has 8 heteroatoms. The van der Waals surface area contributed by atoms with Crippen LogP contribution in [0.4, 0.5) is 17.2 Å². The van der Waals surface area contributed by atoms with Crippen LogP contribution in [0, 0.1) is 0 Å². The van der Waals surface area contributed by atoms with Gasteiger partial charge >= 0.3 is 0 Å². The second-order valence-corrected chi connectivity index (χ2v) is 8.68. The number of hydrogen-bond acceptors (Lipinski definition) is 5. The van der Waals surface area contributed by atoms with Gasteiger partial charge in [-0.3, -0.25) is 4.72 Å². The first-order valence-electron chi connectivity index (χ1n) is 9.48. The largest absolute Gasteiger partial charge is 0.325 e. The molecule has 3 heterocycles. The predicted octanol–water partition coefficient (Wildman–Crippen LogP) is 4.00. The number of anilines is 3. The molecule has 0 radical (unpaired) electrons. The molecule has 0 atom stereocenters. The van der Waals surface area contributed by atoms with Crippen LogP contribution in [0.5, 0.6) is 0 Å². The van der Waals surface area contributed by atoms with Crippen molar-refractivity contribution in [3.05, 3.63) is 84.8 Å². The number of nitrogens with one attached hydrogen (secondary N) is 1. The minimum atomic E-state index is -3.60. The first kappa shape index (κ1) is 18.4. The van der Waals surface area contributed by atoms with Crippen molar-refractivity contribution in [1.29, 1.82) is 0 Å². The summed E-state index contributed by atoms with van der Waals surface area (Å²) in [4.78, 5) is 11.1. The summed E-state index contributed by atoms with van der Waals surface area (Å²) in [5.41, 5.74) is 4.61. The summed E-state index contributed by atoms with van der Waals surface area (Å²) in [7, 11) is -3.60. The van der Waals surface area contributed by atoms with E-state index in [-0.39, 0.29) is 0 Å². The van der Waals surface area contributed by atoms with E-state index in [4.69, 9.17) is 0 Å². The Bertz CT molecular complexity index is 1360. The standard InChI is InChI=1S/C22H19N5O2S/c1-2-30(28,29)25-17-6-8-20-19(13-17)22(24-15-23-20)27-12-9-16-5-7-18(14-21(16)27)26-10-3-4-11-26/h2-8,10-11,13-15,25H,1,9,12H2. The third-order valence-electron chi connectivity index (χ3n) is 5.22. The van der Waals surface area contributed by atoms with Crippen molar-refractivity contribution < 1.29 is 8.42 Å². The average Bonchev–Trinajstić information content (AvgIpc) is 3.43. The van der Waals surface area contributed by atoms with E-state index in [0.717, 1.165) is 46.5 Å². The van der Waals surface area contributed by atoms with Crippen molar-refractivity contribution in [3.63, 3.8) is 0 Å². The number of hydrogen-bond donors (Lipinski definition) is 1. The zero-order valence-corrected chi connectivity index (χ0v) is 16.9. The minimum Gasteiger partial charge on any atom is -0.325 e. The molecule has 0 aliphatic carbocycles. The molecule has 4 aromatic rings. The molecule has 0 fully saturated rings. The van der Waals surface area contributed by atoms with Gasteiger partial charge < -0.3 is 9.47 Å². The van der Waals surface area contributed by atoms with Gasteiger partial charge in [-0.2, -0.15) is 0 Å². The molecule has 0 spiro atoms. The number of aromatic nitrogens is 3. The summed E-state index contributed by atoms with van der Waals surface area (Å²) in [5.74, 6) is 0.753. The maximum atomic E-state index is 11.9. The summed E-state index contributed by atoms with van der Waals surface area (Å²) in [6.07, 6.45) is 6.48. The molecule has 1 aliphatic heterocycles. The van der Waals surface area contributed by atoms with E-state index < -0.39 is 10.0 Å². The summed E-state index contributed by atoms with van der Waals surface area (Å²) in [6, 6.07) is 15.6. The van der Waals surface area contributed by atoms with Gasteiger partial charge in [-0.05, 0) is 54.4 Å². The Kier molecular flexibility index (Phi) is 4.29. The van der Waals surface area contributed by atoms with Crippen LogP contribution in [0.1, 0.15) is 5.56 Å². The van der Waals surface area contributed by atoms with Crippen molar-refractivity contribution in [2.24, 2.45) is 0 Å². The van der Waals surface area contributed by atoms with Crippen LogP contribution in [-0.2, 0) is 16.4 Å². The van der Waals surface area contributed by atoms with Crippen molar-refractivity contribution in [1.82, 2.24) is 14.5 Å². The van der Waals surface area contributed by atoms with Crippen LogP contribution in [0.15, 0.2) is 79.2 Å². The molecule has 7 nitrogen and oxygen atoms in total. The fourth-order valence-corrected chi connectivity index (χ4v) is 4.32. The van der Waals surface area contributed by atoms with Gasteiger partial charge in [0, 0.05) is 46.8 Å². The van der Waals surface area contributed by atoms with E-state index in [2.05, 4.69) is 48.9 Å². The first-order valence-corrected chi connectivity index (χ1v) is 11.0. The minimum absolute atomic E-state index is 0.443. The zero-order valence-electron chi connectivity index (χ0n) is 16.1. The highest BCUT2D eigenvalue weighted by Gasteiger charge is 2.24. The highest BCUT2D eigenvalue weighted by atomic mass is 32.2. The lowest BCUT2D eigenvalue weighted by Crippen LogP contribution is -2.16. The molecule has 1 N–H and O–H groups in total. The van der Waals surface area contributed by atoms with Crippen molar-refractivity contribution in [2.75, 3.05) is 16.2 Å². The SMILES string of the molecule is C=CS(=O)(=O)Nc1ccc2ncnc(N3CCc4ccc(-n5cccc5)cc43)c2c1. The Morgan fingerprint density at radius 2 is 1.90 bits per heavy atom. The number of rotatable bonds is 5. The van der Waals surface area contributed by atoms with Gasteiger partial charge in [-0.15, -0.1) is 0 Å². The van der Waals surface area contributed by atoms with Gasteiger partial charge in [0.2, 0.25) is 0 Å². The first-order chi connectivity index (χ1) is 14.5. The topological polar surface area (TPSA) is 80.1 Å². The van der Waals surface area contributed by atoms with E-state index >= 15 is 0 Å². The summed E-state index contributed by atoms with van der Waals surface area (Å²) in [5, 5.41) is 1.67. The van der Waals surface area contributed by atoms with Gasteiger partial charge in [-0.25, -0.2) is 18.4 Å². The molecule has 30 heavy (non-hydrogen) atoms. The quantitative estimate of drug-likeness (QED) is 0.531. The summed E-state index contributed by atoms with van der Waals surface area (Å²) in [6.45, 7) is 4.13. The molecular weight excluding hydrogens is 398 g/mol.